The Labute approximate surface area is 81.7 Å². The zero-order valence-electron chi connectivity index (χ0n) is 8.97. The molecule has 0 aromatic heterocycles. The first-order valence-corrected chi connectivity index (χ1v) is 5.73. The molecule has 2 rings (SSSR count). The fourth-order valence-corrected chi connectivity index (χ4v) is 2.71. The lowest BCUT2D eigenvalue weighted by atomic mass is 9.77. The van der Waals surface area contributed by atoms with E-state index in [4.69, 9.17) is 0 Å². The van der Waals surface area contributed by atoms with Gasteiger partial charge in [0, 0.05) is 24.7 Å². The molecule has 1 saturated heterocycles. The number of rotatable bonds is 3. The van der Waals surface area contributed by atoms with Crippen LogP contribution in [0.5, 0.6) is 0 Å². The van der Waals surface area contributed by atoms with E-state index in [1.165, 1.54) is 38.8 Å². The third-order valence-electron chi connectivity index (χ3n) is 3.88. The van der Waals surface area contributed by atoms with Crippen LogP contribution in [0.2, 0.25) is 0 Å². The molecule has 1 heterocycles. The Bertz CT molecular complexity index is 175. The summed E-state index contributed by atoms with van der Waals surface area (Å²) < 4.78 is 0. The smallest absolute Gasteiger partial charge is 0.0207 e. The van der Waals surface area contributed by atoms with Gasteiger partial charge in [0.2, 0.25) is 0 Å². The number of hydrogen-bond donors (Lipinski definition) is 1. The SMILES string of the molecule is CCNC1CCN(C2(C)CCC2)C1. The topological polar surface area (TPSA) is 15.3 Å². The van der Waals surface area contributed by atoms with Crippen molar-refractivity contribution in [2.75, 3.05) is 19.6 Å². The number of likely N-dealkylation sites (N-methyl/N-ethyl adjacent to an activating group) is 1. The van der Waals surface area contributed by atoms with Crippen molar-refractivity contribution in [2.24, 2.45) is 0 Å². The van der Waals surface area contributed by atoms with E-state index in [0.29, 0.717) is 5.54 Å². The van der Waals surface area contributed by atoms with Gasteiger partial charge in [0.25, 0.3) is 0 Å². The second kappa shape index (κ2) is 3.58. The van der Waals surface area contributed by atoms with Crippen LogP contribution in [-0.4, -0.2) is 36.1 Å². The number of nitrogens with one attached hydrogen (secondary N) is 1. The standard InChI is InChI=1S/C11H22N2/c1-3-12-10-5-8-13(9-10)11(2)6-4-7-11/h10,12H,3-9H2,1-2H3. The van der Waals surface area contributed by atoms with Crippen molar-refractivity contribution in [1.82, 2.24) is 10.2 Å². The molecular weight excluding hydrogens is 160 g/mol. The maximum absolute atomic E-state index is 3.55. The molecule has 2 heteroatoms. The lowest BCUT2D eigenvalue weighted by molar-refractivity contribution is 0.0523. The van der Waals surface area contributed by atoms with Crippen LogP contribution in [0.3, 0.4) is 0 Å². The van der Waals surface area contributed by atoms with Crippen LogP contribution in [0.15, 0.2) is 0 Å². The second-order valence-corrected chi connectivity index (χ2v) is 4.84. The van der Waals surface area contributed by atoms with Crippen molar-refractivity contribution in [3.05, 3.63) is 0 Å². The fourth-order valence-electron chi connectivity index (χ4n) is 2.71. The second-order valence-electron chi connectivity index (χ2n) is 4.84. The molecule has 1 N–H and O–H groups in total. The average molecular weight is 182 g/mol. The molecule has 2 nitrogen and oxygen atoms in total. The Morgan fingerprint density at radius 1 is 1.46 bits per heavy atom. The third kappa shape index (κ3) is 1.75. The minimum absolute atomic E-state index is 0.574. The first kappa shape index (κ1) is 9.47. The van der Waals surface area contributed by atoms with Crippen LogP contribution in [0.4, 0.5) is 0 Å². The molecule has 0 aromatic carbocycles. The van der Waals surface area contributed by atoms with Crippen molar-refractivity contribution >= 4 is 0 Å². The largest absolute Gasteiger partial charge is 0.313 e. The third-order valence-corrected chi connectivity index (χ3v) is 3.88. The van der Waals surface area contributed by atoms with Crippen molar-refractivity contribution < 1.29 is 0 Å². The van der Waals surface area contributed by atoms with Gasteiger partial charge in [0.15, 0.2) is 0 Å². The molecule has 1 unspecified atom stereocenters. The molecule has 1 saturated carbocycles. The maximum atomic E-state index is 3.55. The van der Waals surface area contributed by atoms with Crippen LogP contribution in [0.25, 0.3) is 0 Å². The Morgan fingerprint density at radius 2 is 2.23 bits per heavy atom. The van der Waals surface area contributed by atoms with E-state index in [9.17, 15) is 0 Å². The van der Waals surface area contributed by atoms with Crippen LogP contribution < -0.4 is 5.32 Å². The van der Waals surface area contributed by atoms with E-state index in [2.05, 4.69) is 24.1 Å². The average Bonchev–Trinajstić information content (AvgIpc) is 2.50. The predicted molar refractivity (Wildman–Crippen MR) is 55.9 cm³/mol. The van der Waals surface area contributed by atoms with Gasteiger partial charge in [-0.2, -0.15) is 0 Å². The van der Waals surface area contributed by atoms with Crippen LogP contribution in [0, 0.1) is 0 Å². The minimum Gasteiger partial charge on any atom is -0.313 e. The summed E-state index contributed by atoms with van der Waals surface area (Å²) in [4.78, 5) is 2.70. The molecule has 0 bridgehead atoms. The fraction of sp³-hybridized carbons (Fsp3) is 1.00. The number of hydrogen-bond acceptors (Lipinski definition) is 2. The van der Waals surface area contributed by atoms with E-state index in [1.54, 1.807) is 0 Å². The quantitative estimate of drug-likeness (QED) is 0.713. The first-order valence-electron chi connectivity index (χ1n) is 5.73. The van der Waals surface area contributed by atoms with E-state index in [1.807, 2.05) is 0 Å². The Balaban J connectivity index is 1.83. The van der Waals surface area contributed by atoms with Crippen LogP contribution in [0.1, 0.15) is 39.5 Å². The summed E-state index contributed by atoms with van der Waals surface area (Å²) in [5.74, 6) is 0. The molecule has 0 spiro atoms. The van der Waals surface area contributed by atoms with Gasteiger partial charge in [0.1, 0.15) is 0 Å². The Kier molecular flexibility index (Phi) is 2.61. The molecule has 0 radical (unpaired) electrons. The molecule has 2 fully saturated rings. The summed E-state index contributed by atoms with van der Waals surface area (Å²) in [6.07, 6.45) is 5.64. The molecule has 1 aliphatic carbocycles. The van der Waals surface area contributed by atoms with Gasteiger partial charge >= 0.3 is 0 Å². The van der Waals surface area contributed by atoms with Gasteiger partial charge < -0.3 is 5.32 Å². The Hall–Kier alpha value is -0.0800. The van der Waals surface area contributed by atoms with E-state index < -0.39 is 0 Å². The highest BCUT2D eigenvalue weighted by atomic mass is 15.2. The molecular formula is C11H22N2. The van der Waals surface area contributed by atoms with Gasteiger partial charge in [-0.1, -0.05) is 6.92 Å². The minimum atomic E-state index is 0.574. The van der Waals surface area contributed by atoms with Gasteiger partial charge in [0.05, 0.1) is 0 Å². The highest BCUT2D eigenvalue weighted by Crippen LogP contribution is 2.38. The van der Waals surface area contributed by atoms with Crippen LogP contribution >= 0.6 is 0 Å². The molecule has 0 aromatic rings. The molecule has 1 aliphatic heterocycles. The lowest BCUT2D eigenvalue weighted by Gasteiger charge is -2.46. The number of nitrogens with zero attached hydrogens (tertiary/aromatic N) is 1. The van der Waals surface area contributed by atoms with Gasteiger partial charge in [-0.25, -0.2) is 0 Å². The molecule has 0 amide bonds. The maximum Gasteiger partial charge on any atom is 0.0207 e. The zero-order valence-corrected chi connectivity index (χ0v) is 8.97. The summed E-state index contributed by atoms with van der Waals surface area (Å²) >= 11 is 0. The molecule has 1 atom stereocenters. The van der Waals surface area contributed by atoms with Gasteiger partial charge in [-0.3, -0.25) is 4.90 Å². The summed E-state index contributed by atoms with van der Waals surface area (Å²) in [6.45, 7) is 8.35. The van der Waals surface area contributed by atoms with Gasteiger partial charge in [-0.15, -0.1) is 0 Å². The summed E-state index contributed by atoms with van der Waals surface area (Å²) in [6, 6.07) is 0.766. The molecule has 76 valence electrons. The zero-order chi connectivity index (χ0) is 9.31. The monoisotopic (exact) mass is 182 g/mol. The summed E-state index contributed by atoms with van der Waals surface area (Å²) in [5, 5.41) is 3.55. The van der Waals surface area contributed by atoms with E-state index >= 15 is 0 Å². The predicted octanol–water partition coefficient (Wildman–Crippen LogP) is 1.61. The normalized spacial score (nSPS) is 33.2. The lowest BCUT2D eigenvalue weighted by Crippen LogP contribution is -2.51. The van der Waals surface area contributed by atoms with Crippen molar-refractivity contribution in [3.8, 4) is 0 Å². The summed E-state index contributed by atoms with van der Waals surface area (Å²) in [7, 11) is 0. The van der Waals surface area contributed by atoms with Crippen molar-refractivity contribution in [3.63, 3.8) is 0 Å². The Morgan fingerprint density at radius 3 is 2.77 bits per heavy atom. The number of likely N-dealkylation sites (tertiary alicyclic amines) is 1. The van der Waals surface area contributed by atoms with E-state index in [-0.39, 0.29) is 0 Å². The first-order chi connectivity index (χ1) is 6.24. The summed E-state index contributed by atoms with van der Waals surface area (Å²) in [5.41, 5.74) is 0.574. The van der Waals surface area contributed by atoms with Crippen molar-refractivity contribution in [2.45, 2.75) is 51.1 Å². The highest BCUT2D eigenvalue weighted by molar-refractivity contribution is 4.98. The molecule has 2 aliphatic rings. The van der Waals surface area contributed by atoms with Gasteiger partial charge in [-0.05, 0) is 39.2 Å². The highest BCUT2D eigenvalue weighted by Gasteiger charge is 2.40. The van der Waals surface area contributed by atoms with E-state index in [0.717, 1.165) is 12.6 Å². The van der Waals surface area contributed by atoms with Crippen LogP contribution in [-0.2, 0) is 0 Å². The van der Waals surface area contributed by atoms with Crippen molar-refractivity contribution in [1.29, 1.82) is 0 Å². The molecule has 13 heavy (non-hydrogen) atoms.